The van der Waals surface area contributed by atoms with Crippen molar-refractivity contribution in [1.82, 2.24) is 4.98 Å². The Balaban J connectivity index is 3.23. The molecular weight excluding hydrogens is 264 g/mol. The lowest BCUT2D eigenvalue weighted by atomic mass is 10.3. The van der Waals surface area contributed by atoms with Crippen molar-refractivity contribution in [2.75, 3.05) is 0 Å². The zero-order chi connectivity index (χ0) is 8.43. The number of nitrogens with zero attached hydrogens (tertiary/aromatic N) is 1. The summed E-state index contributed by atoms with van der Waals surface area (Å²) in [5.74, 6) is -1.99. The van der Waals surface area contributed by atoms with Crippen molar-refractivity contribution in [2.45, 2.75) is 0 Å². The van der Waals surface area contributed by atoms with Crippen LogP contribution in [-0.4, -0.2) is 16.1 Å². The predicted molar refractivity (Wildman–Crippen MR) is 43.9 cm³/mol. The third-order valence-corrected chi connectivity index (χ3v) is 1.89. The van der Waals surface area contributed by atoms with E-state index in [1.165, 1.54) is 6.07 Å². The molecular formula is C6H3FINO2. The van der Waals surface area contributed by atoms with Crippen LogP contribution in [0.15, 0.2) is 12.1 Å². The Hall–Kier alpha value is -0.720. The number of carboxylic acids is 1. The maximum absolute atomic E-state index is 12.3. The first-order valence-corrected chi connectivity index (χ1v) is 3.74. The third-order valence-electron chi connectivity index (χ3n) is 1.01. The molecule has 0 aromatic carbocycles. The fourth-order valence-corrected chi connectivity index (χ4v) is 1.10. The number of rotatable bonds is 1. The van der Waals surface area contributed by atoms with Gasteiger partial charge in [0, 0.05) is 3.57 Å². The van der Waals surface area contributed by atoms with Gasteiger partial charge in [-0.25, -0.2) is 9.78 Å². The standard InChI is InChI=1S/C6H3FINO2/c7-4-2-1-3(8)5(9-4)6(10)11/h1-2H,(H,10,11). The summed E-state index contributed by atoms with van der Waals surface area (Å²) in [5.41, 5.74) is -0.245. The van der Waals surface area contributed by atoms with E-state index >= 15 is 0 Å². The van der Waals surface area contributed by atoms with E-state index in [1.54, 1.807) is 22.6 Å². The maximum atomic E-state index is 12.3. The van der Waals surface area contributed by atoms with E-state index in [2.05, 4.69) is 4.98 Å². The summed E-state index contributed by atoms with van der Waals surface area (Å²) in [6.45, 7) is 0. The summed E-state index contributed by atoms with van der Waals surface area (Å²) >= 11 is 1.78. The number of halogens is 2. The van der Waals surface area contributed by atoms with Crippen LogP contribution in [0.1, 0.15) is 10.5 Å². The van der Waals surface area contributed by atoms with E-state index in [4.69, 9.17) is 5.11 Å². The summed E-state index contributed by atoms with van der Waals surface area (Å²) < 4.78 is 12.8. The molecule has 0 unspecified atom stereocenters. The van der Waals surface area contributed by atoms with Crippen LogP contribution in [0.2, 0.25) is 0 Å². The number of pyridine rings is 1. The summed E-state index contributed by atoms with van der Waals surface area (Å²) in [5, 5.41) is 8.46. The van der Waals surface area contributed by atoms with Crippen LogP contribution in [0, 0.1) is 9.52 Å². The SMILES string of the molecule is O=C(O)c1nc(F)ccc1I. The average molecular weight is 267 g/mol. The minimum atomic E-state index is -1.21. The molecule has 0 spiro atoms. The number of aromatic nitrogens is 1. The van der Waals surface area contributed by atoms with Crippen molar-refractivity contribution in [1.29, 1.82) is 0 Å². The highest BCUT2D eigenvalue weighted by atomic mass is 127. The second-order valence-electron chi connectivity index (χ2n) is 1.77. The monoisotopic (exact) mass is 267 g/mol. The molecule has 58 valence electrons. The van der Waals surface area contributed by atoms with Gasteiger partial charge in [-0.15, -0.1) is 0 Å². The van der Waals surface area contributed by atoms with Gasteiger partial charge in [0.05, 0.1) is 0 Å². The second kappa shape index (κ2) is 3.12. The molecule has 5 heteroatoms. The van der Waals surface area contributed by atoms with Gasteiger partial charge >= 0.3 is 5.97 Å². The Morgan fingerprint density at radius 2 is 2.27 bits per heavy atom. The largest absolute Gasteiger partial charge is 0.476 e. The average Bonchev–Trinajstić information content (AvgIpc) is 1.94. The van der Waals surface area contributed by atoms with Crippen molar-refractivity contribution < 1.29 is 14.3 Å². The number of aromatic carboxylic acids is 1. The van der Waals surface area contributed by atoms with Crippen LogP contribution in [0.5, 0.6) is 0 Å². The number of hydrogen-bond donors (Lipinski definition) is 1. The third kappa shape index (κ3) is 1.86. The van der Waals surface area contributed by atoms with E-state index in [1.807, 2.05) is 0 Å². The van der Waals surface area contributed by atoms with E-state index in [0.717, 1.165) is 6.07 Å². The molecule has 1 heterocycles. The topological polar surface area (TPSA) is 50.2 Å². The molecule has 0 saturated carbocycles. The Kier molecular flexibility index (Phi) is 2.38. The Morgan fingerprint density at radius 3 is 2.73 bits per heavy atom. The van der Waals surface area contributed by atoms with Gasteiger partial charge < -0.3 is 5.11 Å². The van der Waals surface area contributed by atoms with Crippen LogP contribution in [-0.2, 0) is 0 Å². The summed E-state index contributed by atoms with van der Waals surface area (Å²) in [7, 11) is 0. The first-order valence-electron chi connectivity index (χ1n) is 2.66. The molecule has 0 bridgehead atoms. The number of carbonyl (C=O) groups is 1. The quantitative estimate of drug-likeness (QED) is 0.620. The van der Waals surface area contributed by atoms with Crippen LogP contribution >= 0.6 is 22.6 Å². The first kappa shape index (κ1) is 8.38. The highest BCUT2D eigenvalue weighted by Crippen LogP contribution is 2.09. The van der Waals surface area contributed by atoms with E-state index < -0.39 is 11.9 Å². The second-order valence-corrected chi connectivity index (χ2v) is 2.93. The molecule has 0 aliphatic heterocycles. The van der Waals surface area contributed by atoms with Crippen molar-refractivity contribution in [3.05, 3.63) is 27.3 Å². The van der Waals surface area contributed by atoms with Gasteiger partial charge in [-0.2, -0.15) is 4.39 Å². The van der Waals surface area contributed by atoms with E-state index in [0.29, 0.717) is 3.57 Å². The van der Waals surface area contributed by atoms with Gasteiger partial charge in [0.1, 0.15) is 0 Å². The Bertz CT molecular complexity index is 303. The van der Waals surface area contributed by atoms with Crippen LogP contribution < -0.4 is 0 Å². The van der Waals surface area contributed by atoms with Crippen molar-refractivity contribution in [2.24, 2.45) is 0 Å². The summed E-state index contributed by atoms with van der Waals surface area (Å²) in [6, 6.07) is 2.49. The molecule has 0 atom stereocenters. The highest BCUT2D eigenvalue weighted by molar-refractivity contribution is 14.1. The Labute approximate surface area is 75.4 Å². The van der Waals surface area contributed by atoms with Crippen molar-refractivity contribution in [3.8, 4) is 0 Å². The molecule has 1 aromatic rings. The van der Waals surface area contributed by atoms with E-state index in [9.17, 15) is 9.18 Å². The minimum Gasteiger partial charge on any atom is -0.476 e. The van der Waals surface area contributed by atoms with Crippen LogP contribution in [0.25, 0.3) is 0 Å². The number of hydrogen-bond acceptors (Lipinski definition) is 2. The molecule has 0 saturated heterocycles. The van der Waals surface area contributed by atoms with Gasteiger partial charge in [0.2, 0.25) is 5.95 Å². The molecule has 0 amide bonds. The molecule has 3 nitrogen and oxygen atoms in total. The lowest BCUT2D eigenvalue weighted by molar-refractivity contribution is 0.0688. The molecule has 1 N–H and O–H groups in total. The highest BCUT2D eigenvalue weighted by Gasteiger charge is 2.10. The van der Waals surface area contributed by atoms with Gasteiger partial charge in [0.15, 0.2) is 5.69 Å². The maximum Gasteiger partial charge on any atom is 0.355 e. The van der Waals surface area contributed by atoms with Crippen molar-refractivity contribution in [3.63, 3.8) is 0 Å². The van der Waals surface area contributed by atoms with Gasteiger partial charge in [-0.05, 0) is 34.7 Å². The smallest absolute Gasteiger partial charge is 0.355 e. The normalized spacial score (nSPS) is 9.64. The first-order chi connectivity index (χ1) is 5.11. The lowest BCUT2D eigenvalue weighted by Crippen LogP contribution is -2.04. The van der Waals surface area contributed by atoms with Gasteiger partial charge in [-0.1, -0.05) is 0 Å². The van der Waals surface area contributed by atoms with Gasteiger partial charge in [-0.3, -0.25) is 0 Å². The molecule has 0 aliphatic rings. The lowest BCUT2D eigenvalue weighted by Gasteiger charge is -1.95. The fourth-order valence-electron chi connectivity index (χ4n) is 0.568. The molecule has 1 rings (SSSR count). The molecule has 1 aromatic heterocycles. The Morgan fingerprint density at radius 1 is 1.64 bits per heavy atom. The van der Waals surface area contributed by atoms with Crippen LogP contribution in [0.4, 0.5) is 4.39 Å². The van der Waals surface area contributed by atoms with E-state index in [-0.39, 0.29) is 5.69 Å². The molecule has 0 aliphatic carbocycles. The molecule has 11 heavy (non-hydrogen) atoms. The number of carboxylic acid groups (broad SMARTS) is 1. The molecule has 0 radical (unpaired) electrons. The predicted octanol–water partition coefficient (Wildman–Crippen LogP) is 1.52. The summed E-state index contributed by atoms with van der Waals surface area (Å²) in [6.07, 6.45) is 0. The summed E-state index contributed by atoms with van der Waals surface area (Å²) in [4.78, 5) is 13.5. The van der Waals surface area contributed by atoms with Crippen LogP contribution in [0.3, 0.4) is 0 Å². The minimum absolute atomic E-state index is 0.245. The van der Waals surface area contributed by atoms with Gasteiger partial charge in [0.25, 0.3) is 0 Å². The zero-order valence-electron chi connectivity index (χ0n) is 5.21. The van der Waals surface area contributed by atoms with Crippen molar-refractivity contribution >= 4 is 28.6 Å². The molecule has 0 fully saturated rings. The zero-order valence-corrected chi connectivity index (χ0v) is 7.37. The fraction of sp³-hybridized carbons (Fsp3) is 0.